The Hall–Kier alpha value is -2.58. The van der Waals surface area contributed by atoms with Crippen LogP contribution in [0, 0.1) is 6.92 Å². The first kappa shape index (κ1) is 17.2. The molecule has 0 unspecified atom stereocenters. The molecule has 1 saturated heterocycles. The average molecular weight is 355 g/mol. The van der Waals surface area contributed by atoms with Crippen molar-refractivity contribution in [2.45, 2.75) is 32.4 Å². The van der Waals surface area contributed by atoms with E-state index >= 15 is 0 Å². The van der Waals surface area contributed by atoms with Gasteiger partial charge >= 0.3 is 18.2 Å². The second kappa shape index (κ2) is 6.73. The van der Waals surface area contributed by atoms with Crippen molar-refractivity contribution in [3.8, 4) is 17.1 Å². The minimum absolute atomic E-state index is 0.177. The zero-order valence-electron chi connectivity index (χ0n) is 13.5. The zero-order chi connectivity index (χ0) is 18.0. The summed E-state index contributed by atoms with van der Waals surface area (Å²) >= 11 is 0. The molecule has 0 saturated carbocycles. The predicted molar refractivity (Wildman–Crippen MR) is 80.9 cm³/mol. The fraction of sp³-hybridized carbons (Fsp3) is 0.438. The molecule has 1 aromatic carbocycles. The second-order valence-corrected chi connectivity index (χ2v) is 5.82. The summed E-state index contributed by atoms with van der Waals surface area (Å²) in [6.45, 7) is 3.02. The SMILES string of the molecule is Cc1cc(-c2noc(C(F)(F)F)n2)ccc1OC(=O)N1CCCCC1. The largest absolute Gasteiger partial charge is 0.471 e. The molecule has 0 spiro atoms. The first-order valence-electron chi connectivity index (χ1n) is 7.83. The molecule has 2 aromatic rings. The number of benzene rings is 1. The molecule has 0 bridgehead atoms. The molecule has 9 heteroatoms. The summed E-state index contributed by atoms with van der Waals surface area (Å²) < 4.78 is 47.2. The van der Waals surface area contributed by atoms with Crippen molar-refractivity contribution in [2.75, 3.05) is 13.1 Å². The van der Waals surface area contributed by atoms with Gasteiger partial charge in [-0.05, 0) is 49.9 Å². The number of alkyl halides is 3. The average Bonchev–Trinajstić information content (AvgIpc) is 3.08. The van der Waals surface area contributed by atoms with Gasteiger partial charge in [-0.3, -0.25) is 0 Å². The van der Waals surface area contributed by atoms with Crippen molar-refractivity contribution >= 4 is 6.09 Å². The van der Waals surface area contributed by atoms with E-state index in [0.29, 0.717) is 30.0 Å². The van der Waals surface area contributed by atoms with Crippen LogP contribution in [0.2, 0.25) is 0 Å². The molecule has 1 aliphatic rings. The molecule has 1 amide bonds. The first-order chi connectivity index (χ1) is 11.8. The molecular formula is C16H16F3N3O3. The zero-order valence-corrected chi connectivity index (χ0v) is 13.5. The molecule has 1 fully saturated rings. The third kappa shape index (κ3) is 3.92. The van der Waals surface area contributed by atoms with E-state index in [9.17, 15) is 18.0 Å². The van der Waals surface area contributed by atoms with Crippen molar-refractivity contribution in [3.63, 3.8) is 0 Å². The predicted octanol–water partition coefficient (Wildman–Crippen LogP) is 4.05. The van der Waals surface area contributed by atoms with E-state index in [-0.39, 0.29) is 5.82 Å². The third-order valence-corrected chi connectivity index (χ3v) is 3.91. The summed E-state index contributed by atoms with van der Waals surface area (Å²) in [5.41, 5.74) is 0.927. The molecule has 3 rings (SSSR count). The number of carbonyl (C=O) groups excluding carboxylic acids is 1. The molecule has 1 aliphatic heterocycles. The van der Waals surface area contributed by atoms with E-state index in [0.717, 1.165) is 19.3 Å². The fourth-order valence-electron chi connectivity index (χ4n) is 2.59. The van der Waals surface area contributed by atoms with E-state index in [1.807, 2.05) is 0 Å². The van der Waals surface area contributed by atoms with E-state index in [1.165, 1.54) is 12.1 Å². The van der Waals surface area contributed by atoms with E-state index < -0.39 is 18.2 Å². The quantitative estimate of drug-likeness (QED) is 0.813. The van der Waals surface area contributed by atoms with E-state index in [1.54, 1.807) is 17.9 Å². The number of halogens is 3. The number of ether oxygens (including phenoxy) is 1. The minimum atomic E-state index is -4.69. The number of aryl methyl sites for hydroxylation is 1. The second-order valence-electron chi connectivity index (χ2n) is 5.82. The number of carbonyl (C=O) groups is 1. The first-order valence-corrected chi connectivity index (χ1v) is 7.83. The van der Waals surface area contributed by atoms with Crippen molar-refractivity contribution < 1.29 is 27.2 Å². The van der Waals surface area contributed by atoms with Gasteiger partial charge < -0.3 is 14.2 Å². The third-order valence-electron chi connectivity index (χ3n) is 3.91. The summed E-state index contributed by atoms with van der Waals surface area (Å²) in [6, 6.07) is 4.54. The Kier molecular flexibility index (Phi) is 4.65. The van der Waals surface area contributed by atoms with Gasteiger partial charge in [0.25, 0.3) is 0 Å². The van der Waals surface area contributed by atoms with Gasteiger partial charge in [-0.15, -0.1) is 0 Å². The highest BCUT2D eigenvalue weighted by Crippen LogP contribution is 2.30. The number of rotatable bonds is 2. The number of likely N-dealkylation sites (tertiary alicyclic amines) is 1. The monoisotopic (exact) mass is 355 g/mol. The Morgan fingerprint density at radius 3 is 2.56 bits per heavy atom. The number of aromatic nitrogens is 2. The molecule has 6 nitrogen and oxygen atoms in total. The van der Waals surface area contributed by atoms with Gasteiger partial charge in [-0.2, -0.15) is 18.2 Å². The number of hydrogen-bond acceptors (Lipinski definition) is 5. The number of nitrogens with zero attached hydrogens (tertiary/aromatic N) is 3. The Morgan fingerprint density at radius 1 is 1.24 bits per heavy atom. The molecule has 25 heavy (non-hydrogen) atoms. The van der Waals surface area contributed by atoms with E-state index in [4.69, 9.17) is 4.74 Å². The van der Waals surface area contributed by atoms with Gasteiger partial charge in [-0.1, -0.05) is 5.16 Å². The van der Waals surface area contributed by atoms with Crippen LogP contribution in [0.25, 0.3) is 11.4 Å². The van der Waals surface area contributed by atoms with Gasteiger partial charge in [0.15, 0.2) is 0 Å². The lowest BCUT2D eigenvalue weighted by atomic mass is 10.1. The van der Waals surface area contributed by atoms with Gasteiger partial charge in [0.1, 0.15) is 5.75 Å². The Labute approximate surface area is 141 Å². The maximum Gasteiger partial charge on any atom is 0.471 e. The highest BCUT2D eigenvalue weighted by atomic mass is 19.4. The van der Waals surface area contributed by atoms with Crippen LogP contribution in [0.15, 0.2) is 22.7 Å². The summed E-state index contributed by atoms with van der Waals surface area (Å²) in [5.74, 6) is -1.23. The normalized spacial score (nSPS) is 15.3. The maximum absolute atomic E-state index is 12.5. The summed E-state index contributed by atoms with van der Waals surface area (Å²) in [7, 11) is 0. The lowest BCUT2D eigenvalue weighted by Gasteiger charge is -2.25. The number of piperidine rings is 1. The lowest BCUT2D eigenvalue weighted by molar-refractivity contribution is -0.159. The summed E-state index contributed by atoms with van der Waals surface area (Å²) in [5, 5.41) is 3.34. The van der Waals surface area contributed by atoms with Crippen molar-refractivity contribution in [1.82, 2.24) is 15.0 Å². The van der Waals surface area contributed by atoms with Crippen LogP contribution in [-0.2, 0) is 6.18 Å². The topological polar surface area (TPSA) is 68.5 Å². The van der Waals surface area contributed by atoms with Crippen molar-refractivity contribution in [3.05, 3.63) is 29.7 Å². The number of amides is 1. The minimum Gasteiger partial charge on any atom is -0.410 e. The Morgan fingerprint density at radius 2 is 1.96 bits per heavy atom. The van der Waals surface area contributed by atoms with Crippen LogP contribution in [0.5, 0.6) is 5.75 Å². The van der Waals surface area contributed by atoms with Crippen LogP contribution in [0.3, 0.4) is 0 Å². The Balaban J connectivity index is 1.74. The summed E-state index contributed by atoms with van der Waals surface area (Å²) in [4.78, 5) is 17.1. The van der Waals surface area contributed by atoms with Crippen LogP contribution in [0.4, 0.5) is 18.0 Å². The number of hydrogen-bond donors (Lipinski definition) is 0. The standard InChI is InChI=1S/C16H16F3N3O3/c1-10-9-11(13-20-14(25-21-13)16(17,18)19)5-6-12(10)24-15(23)22-7-3-2-4-8-22/h5-6,9H,2-4,7-8H2,1H3. The van der Waals surface area contributed by atoms with Gasteiger partial charge in [-0.25, -0.2) is 4.79 Å². The summed E-state index contributed by atoms with van der Waals surface area (Å²) in [6.07, 6.45) is -2.11. The van der Waals surface area contributed by atoms with Gasteiger partial charge in [0.05, 0.1) is 0 Å². The maximum atomic E-state index is 12.5. The van der Waals surface area contributed by atoms with Crippen LogP contribution < -0.4 is 4.74 Å². The van der Waals surface area contributed by atoms with Crippen molar-refractivity contribution in [1.29, 1.82) is 0 Å². The molecule has 0 atom stereocenters. The van der Waals surface area contributed by atoms with Crippen molar-refractivity contribution in [2.24, 2.45) is 0 Å². The smallest absolute Gasteiger partial charge is 0.410 e. The van der Waals surface area contributed by atoms with Crippen LogP contribution in [-0.4, -0.2) is 34.2 Å². The fourth-order valence-corrected chi connectivity index (χ4v) is 2.59. The highest BCUT2D eigenvalue weighted by molar-refractivity contribution is 5.72. The van der Waals surface area contributed by atoms with Crippen LogP contribution >= 0.6 is 0 Å². The molecule has 1 aromatic heterocycles. The lowest BCUT2D eigenvalue weighted by Crippen LogP contribution is -2.37. The molecule has 0 aliphatic carbocycles. The molecule has 2 heterocycles. The van der Waals surface area contributed by atoms with Gasteiger partial charge in [0, 0.05) is 18.7 Å². The van der Waals surface area contributed by atoms with Gasteiger partial charge in [0.2, 0.25) is 5.82 Å². The highest BCUT2D eigenvalue weighted by Gasteiger charge is 2.38. The van der Waals surface area contributed by atoms with Crippen LogP contribution in [0.1, 0.15) is 30.7 Å². The molecular weight excluding hydrogens is 339 g/mol. The molecule has 0 radical (unpaired) electrons. The molecule has 0 N–H and O–H groups in total. The Bertz CT molecular complexity index is 767. The molecule has 134 valence electrons. The van der Waals surface area contributed by atoms with E-state index in [2.05, 4.69) is 14.7 Å².